The van der Waals surface area contributed by atoms with Crippen LogP contribution in [0.2, 0.25) is 0 Å². The molecule has 0 fully saturated rings. The number of benzene rings is 1. The Hall–Kier alpha value is -2.14. The van der Waals surface area contributed by atoms with Crippen LogP contribution in [0, 0.1) is 6.92 Å². The van der Waals surface area contributed by atoms with Crippen molar-refractivity contribution in [3.8, 4) is 5.75 Å². The van der Waals surface area contributed by atoms with Crippen molar-refractivity contribution in [2.24, 2.45) is 0 Å². The minimum absolute atomic E-state index is 0.727. The molecule has 0 spiro atoms. The van der Waals surface area contributed by atoms with Crippen molar-refractivity contribution in [2.75, 3.05) is 12.4 Å². The molecule has 0 radical (unpaired) electrons. The fourth-order valence-corrected chi connectivity index (χ4v) is 2.89. The first-order valence-electron chi connectivity index (χ1n) is 6.34. The second-order valence-electron chi connectivity index (χ2n) is 4.50. The Morgan fingerprint density at radius 2 is 2.00 bits per heavy atom. The van der Waals surface area contributed by atoms with E-state index in [2.05, 4.69) is 28.3 Å². The van der Waals surface area contributed by atoms with Gasteiger partial charge in [-0.15, -0.1) is 11.3 Å². The van der Waals surface area contributed by atoms with Crippen LogP contribution in [0.3, 0.4) is 0 Å². The summed E-state index contributed by atoms with van der Waals surface area (Å²) in [5, 5.41) is 4.46. The number of aromatic nitrogens is 2. The predicted molar refractivity (Wildman–Crippen MR) is 82.5 cm³/mol. The number of nitrogens with zero attached hydrogens (tertiary/aromatic N) is 2. The Labute approximate surface area is 121 Å². The molecule has 0 amide bonds. The van der Waals surface area contributed by atoms with Gasteiger partial charge in [0.15, 0.2) is 0 Å². The third kappa shape index (κ3) is 2.58. The Kier molecular flexibility index (Phi) is 3.52. The third-order valence-corrected chi connectivity index (χ3v) is 4.03. The number of rotatable bonds is 4. The first kappa shape index (κ1) is 12.9. The number of fused-ring (bicyclic) bond motifs is 1. The molecular weight excluding hydrogens is 270 g/mol. The van der Waals surface area contributed by atoms with E-state index >= 15 is 0 Å². The van der Waals surface area contributed by atoms with E-state index in [9.17, 15) is 0 Å². The molecule has 0 aliphatic rings. The van der Waals surface area contributed by atoms with Gasteiger partial charge in [-0.3, -0.25) is 0 Å². The van der Waals surface area contributed by atoms with Gasteiger partial charge in [0.1, 0.15) is 22.7 Å². The van der Waals surface area contributed by atoms with E-state index in [-0.39, 0.29) is 0 Å². The van der Waals surface area contributed by atoms with Gasteiger partial charge in [-0.1, -0.05) is 12.1 Å². The molecular formula is C15H15N3OS. The maximum Gasteiger partial charge on any atom is 0.138 e. The zero-order chi connectivity index (χ0) is 13.9. The third-order valence-electron chi connectivity index (χ3n) is 3.07. The van der Waals surface area contributed by atoms with Crippen LogP contribution in [0.5, 0.6) is 5.75 Å². The molecule has 2 heterocycles. The van der Waals surface area contributed by atoms with Crippen molar-refractivity contribution in [3.63, 3.8) is 0 Å². The van der Waals surface area contributed by atoms with Crippen LogP contribution in [-0.2, 0) is 6.54 Å². The molecule has 0 aliphatic carbocycles. The van der Waals surface area contributed by atoms with E-state index in [1.54, 1.807) is 24.8 Å². The fraction of sp³-hybridized carbons (Fsp3) is 0.200. The van der Waals surface area contributed by atoms with Crippen LogP contribution < -0.4 is 10.1 Å². The normalized spacial score (nSPS) is 10.7. The highest BCUT2D eigenvalue weighted by molar-refractivity contribution is 7.18. The highest BCUT2D eigenvalue weighted by Gasteiger charge is 2.06. The van der Waals surface area contributed by atoms with E-state index in [4.69, 9.17) is 4.74 Å². The predicted octanol–water partition coefficient (Wildman–Crippen LogP) is 3.62. The summed E-state index contributed by atoms with van der Waals surface area (Å²) in [6.07, 6.45) is 1.61. The topological polar surface area (TPSA) is 47.0 Å². The lowest BCUT2D eigenvalue weighted by atomic mass is 10.2. The lowest BCUT2D eigenvalue weighted by molar-refractivity contribution is 0.414. The van der Waals surface area contributed by atoms with Crippen LogP contribution in [0.15, 0.2) is 36.7 Å². The Bertz CT molecular complexity index is 722. The van der Waals surface area contributed by atoms with Crippen LogP contribution in [0.1, 0.15) is 10.4 Å². The van der Waals surface area contributed by atoms with Crippen LogP contribution in [0.25, 0.3) is 10.2 Å². The molecule has 3 rings (SSSR count). The molecule has 5 heteroatoms. The molecule has 0 saturated heterocycles. The van der Waals surface area contributed by atoms with E-state index < -0.39 is 0 Å². The summed E-state index contributed by atoms with van der Waals surface area (Å²) in [7, 11) is 1.67. The van der Waals surface area contributed by atoms with Crippen molar-refractivity contribution in [1.82, 2.24) is 9.97 Å². The summed E-state index contributed by atoms with van der Waals surface area (Å²) in [6.45, 7) is 2.81. The second kappa shape index (κ2) is 5.46. The van der Waals surface area contributed by atoms with E-state index in [1.165, 1.54) is 10.4 Å². The molecule has 1 N–H and O–H groups in total. The average Bonchev–Trinajstić information content (AvgIpc) is 2.86. The van der Waals surface area contributed by atoms with Gasteiger partial charge in [0.25, 0.3) is 0 Å². The second-order valence-corrected chi connectivity index (χ2v) is 5.73. The fourth-order valence-electron chi connectivity index (χ4n) is 2.05. The molecule has 1 aromatic carbocycles. The van der Waals surface area contributed by atoms with Gasteiger partial charge in [0.05, 0.1) is 12.5 Å². The summed E-state index contributed by atoms with van der Waals surface area (Å²) < 4.78 is 5.15. The van der Waals surface area contributed by atoms with Crippen molar-refractivity contribution >= 4 is 27.4 Å². The monoisotopic (exact) mass is 285 g/mol. The van der Waals surface area contributed by atoms with Gasteiger partial charge in [0.2, 0.25) is 0 Å². The van der Waals surface area contributed by atoms with Crippen molar-refractivity contribution in [2.45, 2.75) is 13.5 Å². The highest BCUT2D eigenvalue weighted by atomic mass is 32.1. The Morgan fingerprint density at radius 1 is 1.20 bits per heavy atom. The molecule has 20 heavy (non-hydrogen) atoms. The molecule has 3 aromatic rings. The Morgan fingerprint density at radius 3 is 2.75 bits per heavy atom. The first-order chi connectivity index (χ1) is 9.76. The number of anilines is 1. The number of hydrogen-bond acceptors (Lipinski definition) is 5. The molecule has 4 nitrogen and oxygen atoms in total. The lowest BCUT2D eigenvalue weighted by Gasteiger charge is -2.07. The summed E-state index contributed by atoms with van der Waals surface area (Å²) in [4.78, 5) is 10.9. The first-order valence-corrected chi connectivity index (χ1v) is 7.16. The molecule has 0 atom stereocenters. The van der Waals surface area contributed by atoms with Gasteiger partial charge in [-0.25, -0.2) is 9.97 Å². The summed E-state index contributed by atoms with van der Waals surface area (Å²) >= 11 is 1.69. The van der Waals surface area contributed by atoms with Gasteiger partial charge in [0, 0.05) is 11.4 Å². The van der Waals surface area contributed by atoms with Crippen molar-refractivity contribution in [1.29, 1.82) is 0 Å². The molecule has 0 unspecified atom stereocenters. The van der Waals surface area contributed by atoms with Gasteiger partial charge in [-0.05, 0) is 30.7 Å². The molecule has 0 bridgehead atoms. The zero-order valence-corrected chi connectivity index (χ0v) is 12.2. The summed E-state index contributed by atoms with van der Waals surface area (Å²) in [5.41, 5.74) is 1.18. The number of aryl methyl sites for hydroxylation is 1. The smallest absolute Gasteiger partial charge is 0.138 e. The minimum Gasteiger partial charge on any atom is -0.497 e. The summed E-state index contributed by atoms with van der Waals surface area (Å²) in [5.74, 6) is 1.75. The number of methoxy groups -OCH3 is 1. The highest BCUT2D eigenvalue weighted by Crippen LogP contribution is 2.27. The van der Waals surface area contributed by atoms with Gasteiger partial charge in [-0.2, -0.15) is 0 Å². The van der Waals surface area contributed by atoms with Crippen LogP contribution in [-0.4, -0.2) is 17.1 Å². The zero-order valence-electron chi connectivity index (χ0n) is 11.4. The maximum atomic E-state index is 5.15. The molecule has 2 aromatic heterocycles. The minimum atomic E-state index is 0.727. The van der Waals surface area contributed by atoms with Crippen LogP contribution in [0.4, 0.5) is 5.82 Å². The summed E-state index contributed by atoms with van der Waals surface area (Å²) in [6, 6.07) is 10.1. The van der Waals surface area contributed by atoms with Crippen LogP contribution >= 0.6 is 11.3 Å². The molecule has 102 valence electrons. The van der Waals surface area contributed by atoms with Gasteiger partial charge >= 0.3 is 0 Å². The lowest BCUT2D eigenvalue weighted by Crippen LogP contribution is -2.01. The number of nitrogens with one attached hydrogen (secondary N) is 1. The number of thiophene rings is 1. The number of hydrogen-bond donors (Lipinski definition) is 1. The van der Waals surface area contributed by atoms with E-state index in [0.29, 0.717) is 0 Å². The van der Waals surface area contributed by atoms with E-state index in [1.807, 2.05) is 24.3 Å². The number of ether oxygens (including phenoxy) is 1. The SMILES string of the molecule is COc1ccc(CNc2ncnc3sc(C)cc23)cc1. The van der Waals surface area contributed by atoms with E-state index in [0.717, 1.165) is 28.3 Å². The Balaban J connectivity index is 1.79. The quantitative estimate of drug-likeness (QED) is 0.795. The largest absolute Gasteiger partial charge is 0.497 e. The maximum absolute atomic E-state index is 5.15. The average molecular weight is 285 g/mol. The van der Waals surface area contributed by atoms with Crippen molar-refractivity contribution < 1.29 is 4.74 Å². The molecule has 0 saturated carbocycles. The van der Waals surface area contributed by atoms with Gasteiger partial charge < -0.3 is 10.1 Å². The standard InChI is InChI=1S/C15H15N3OS/c1-10-7-13-14(17-9-18-15(13)20-10)16-8-11-3-5-12(19-2)6-4-11/h3-7,9H,8H2,1-2H3,(H,16,17,18). The van der Waals surface area contributed by atoms with Crippen molar-refractivity contribution in [3.05, 3.63) is 47.1 Å². The molecule has 0 aliphatic heterocycles.